The number of aliphatic hydroxyl groups is 1. The molecule has 3 rings (SSSR count). The largest absolute Gasteiger partial charge is 0.386 e. The maximum Gasteiger partial charge on any atom is 0.248 e. The van der Waals surface area contributed by atoms with Gasteiger partial charge in [0.15, 0.2) is 0 Å². The van der Waals surface area contributed by atoms with Crippen LogP contribution in [0.2, 0.25) is 5.02 Å². The van der Waals surface area contributed by atoms with Gasteiger partial charge in [-0.2, -0.15) is 5.10 Å². The number of benzene rings is 1. The number of nitrogens with one attached hydrogen (secondary N) is 2. The summed E-state index contributed by atoms with van der Waals surface area (Å²) in [6.07, 6.45) is 3.32. The van der Waals surface area contributed by atoms with Gasteiger partial charge in [0.2, 0.25) is 5.91 Å². The zero-order valence-corrected chi connectivity index (χ0v) is 15.6. The lowest BCUT2D eigenvalue weighted by Gasteiger charge is -2.36. The highest BCUT2D eigenvalue weighted by atomic mass is 35.5. The maximum absolute atomic E-state index is 13.9. The third-order valence-corrected chi connectivity index (χ3v) is 4.91. The first kappa shape index (κ1) is 20.6. The number of aliphatic hydroxyl groups excluding tert-OH is 1. The molecule has 1 aromatic carbocycles. The summed E-state index contributed by atoms with van der Waals surface area (Å²) in [7, 11) is 0. The molecule has 26 heavy (non-hydrogen) atoms. The maximum atomic E-state index is 13.9. The first-order chi connectivity index (χ1) is 12.0. The molecule has 2 aromatic rings. The van der Waals surface area contributed by atoms with E-state index in [4.69, 9.17) is 11.6 Å². The van der Waals surface area contributed by atoms with E-state index < -0.39 is 17.5 Å². The molecule has 1 aromatic heterocycles. The van der Waals surface area contributed by atoms with E-state index in [-0.39, 0.29) is 35.4 Å². The number of piperidine rings is 1. The van der Waals surface area contributed by atoms with Crippen LogP contribution in [0.3, 0.4) is 0 Å². The summed E-state index contributed by atoms with van der Waals surface area (Å²) in [6.45, 7) is 1.25. The molecule has 142 valence electrons. The van der Waals surface area contributed by atoms with Gasteiger partial charge in [-0.15, -0.1) is 12.4 Å². The average Bonchev–Trinajstić information content (AvgIpc) is 3.15. The fraction of sp³-hybridized carbons (Fsp3) is 0.412. The molecule has 9 heteroatoms. The Balaban J connectivity index is 0.00000243. The van der Waals surface area contributed by atoms with Gasteiger partial charge in [-0.05, 0) is 44.1 Å². The molecule has 0 radical (unpaired) electrons. The van der Waals surface area contributed by atoms with Crippen LogP contribution in [-0.4, -0.2) is 40.4 Å². The molecular weight excluding hydrogens is 382 g/mol. The smallest absolute Gasteiger partial charge is 0.248 e. The third-order valence-electron chi connectivity index (χ3n) is 4.59. The predicted octanol–water partition coefficient (Wildman–Crippen LogP) is 2.03. The molecule has 0 spiro atoms. The Morgan fingerprint density at radius 3 is 2.77 bits per heavy atom. The van der Waals surface area contributed by atoms with Crippen molar-refractivity contribution in [3.05, 3.63) is 53.1 Å². The molecule has 3 N–H and O–H groups in total. The average molecular weight is 403 g/mol. The molecule has 1 aliphatic rings. The number of carbonyl (C=O) groups excluding carboxylic acids is 1. The van der Waals surface area contributed by atoms with Crippen molar-refractivity contribution in [3.63, 3.8) is 0 Å². The van der Waals surface area contributed by atoms with Gasteiger partial charge in [0.05, 0.1) is 0 Å². The highest BCUT2D eigenvalue weighted by Crippen LogP contribution is 2.28. The van der Waals surface area contributed by atoms with Crippen molar-refractivity contribution in [2.75, 3.05) is 19.6 Å². The SMILES string of the molecule is Cl.O=C(NCC(O)c1c(F)cccc1Cl)C1(n2cccn2)CCNCC1. The molecule has 1 fully saturated rings. The first-order valence-electron chi connectivity index (χ1n) is 8.16. The Morgan fingerprint density at radius 2 is 2.15 bits per heavy atom. The zero-order valence-electron chi connectivity index (χ0n) is 14.0. The fourth-order valence-electron chi connectivity index (χ4n) is 3.21. The minimum Gasteiger partial charge on any atom is -0.386 e. The molecule has 2 heterocycles. The van der Waals surface area contributed by atoms with Crippen LogP contribution in [0, 0.1) is 5.82 Å². The number of nitrogens with zero attached hydrogens (tertiary/aromatic N) is 2. The Hall–Kier alpha value is -1.67. The van der Waals surface area contributed by atoms with E-state index in [1.54, 1.807) is 23.1 Å². The minimum atomic E-state index is -1.23. The number of hydrogen-bond donors (Lipinski definition) is 3. The second-order valence-electron chi connectivity index (χ2n) is 6.09. The molecule has 0 aliphatic carbocycles. The standard InChI is InChI=1S/C17H20ClFN4O2.ClH/c18-12-3-1-4-13(19)15(12)14(24)11-21-16(25)17(5-8-20-9-6-17)23-10-2-7-22-23;/h1-4,7,10,14,20,24H,5-6,8-9,11H2,(H,21,25);1H. The highest BCUT2D eigenvalue weighted by molar-refractivity contribution is 6.31. The normalized spacial score (nSPS) is 17.2. The first-order valence-corrected chi connectivity index (χ1v) is 8.53. The highest BCUT2D eigenvalue weighted by Gasteiger charge is 2.42. The van der Waals surface area contributed by atoms with E-state index in [9.17, 15) is 14.3 Å². The molecule has 1 aliphatic heterocycles. The summed E-state index contributed by atoms with van der Waals surface area (Å²) in [6, 6.07) is 5.96. The topological polar surface area (TPSA) is 79.2 Å². The van der Waals surface area contributed by atoms with Crippen LogP contribution in [0.25, 0.3) is 0 Å². The summed E-state index contributed by atoms with van der Waals surface area (Å²) in [5.41, 5.74) is -0.823. The molecular formula is C17H21Cl2FN4O2. The fourth-order valence-corrected chi connectivity index (χ4v) is 3.50. The zero-order chi connectivity index (χ0) is 17.9. The Labute approximate surface area is 162 Å². The third kappa shape index (κ3) is 4.01. The van der Waals surface area contributed by atoms with E-state index in [1.807, 2.05) is 0 Å². The molecule has 0 saturated carbocycles. The minimum absolute atomic E-state index is 0. The predicted molar refractivity (Wildman–Crippen MR) is 98.9 cm³/mol. The number of aromatic nitrogens is 2. The van der Waals surface area contributed by atoms with Gasteiger partial charge >= 0.3 is 0 Å². The summed E-state index contributed by atoms with van der Waals surface area (Å²) in [5, 5.41) is 20.6. The quantitative estimate of drug-likeness (QED) is 0.714. The van der Waals surface area contributed by atoms with Gasteiger partial charge in [-0.1, -0.05) is 17.7 Å². The number of carbonyl (C=O) groups is 1. The van der Waals surface area contributed by atoms with Crippen LogP contribution in [0.1, 0.15) is 24.5 Å². The second kappa shape index (κ2) is 8.81. The summed E-state index contributed by atoms with van der Waals surface area (Å²) in [4.78, 5) is 12.9. The van der Waals surface area contributed by atoms with Gasteiger partial charge in [-0.25, -0.2) is 4.39 Å². The summed E-state index contributed by atoms with van der Waals surface area (Å²) in [5.74, 6) is -0.845. The Bertz CT molecular complexity index is 716. The molecule has 1 unspecified atom stereocenters. The lowest BCUT2D eigenvalue weighted by molar-refractivity contribution is -0.132. The van der Waals surface area contributed by atoms with Gasteiger partial charge in [-0.3, -0.25) is 9.48 Å². The second-order valence-corrected chi connectivity index (χ2v) is 6.50. The number of halogens is 3. The number of rotatable bonds is 5. The van der Waals surface area contributed by atoms with Crippen molar-refractivity contribution < 1.29 is 14.3 Å². The summed E-state index contributed by atoms with van der Waals surface area (Å²) < 4.78 is 15.6. The molecule has 1 atom stereocenters. The van der Waals surface area contributed by atoms with Crippen molar-refractivity contribution in [1.29, 1.82) is 0 Å². The molecule has 1 saturated heterocycles. The Kier molecular flexibility index (Phi) is 7.00. The van der Waals surface area contributed by atoms with E-state index in [0.29, 0.717) is 25.9 Å². The monoisotopic (exact) mass is 402 g/mol. The van der Waals surface area contributed by atoms with Crippen molar-refractivity contribution in [1.82, 2.24) is 20.4 Å². The van der Waals surface area contributed by atoms with Crippen molar-refractivity contribution in [2.24, 2.45) is 0 Å². The van der Waals surface area contributed by atoms with Gasteiger partial charge in [0, 0.05) is 29.5 Å². The molecule has 0 bridgehead atoms. The van der Waals surface area contributed by atoms with Crippen LogP contribution in [0.5, 0.6) is 0 Å². The lowest BCUT2D eigenvalue weighted by atomic mass is 9.87. The molecule has 1 amide bonds. The molecule has 6 nitrogen and oxygen atoms in total. The van der Waals surface area contributed by atoms with Crippen LogP contribution >= 0.6 is 24.0 Å². The van der Waals surface area contributed by atoms with E-state index in [2.05, 4.69) is 15.7 Å². The number of hydrogen-bond acceptors (Lipinski definition) is 4. The van der Waals surface area contributed by atoms with Crippen LogP contribution in [-0.2, 0) is 10.3 Å². The van der Waals surface area contributed by atoms with E-state index >= 15 is 0 Å². The van der Waals surface area contributed by atoms with Crippen LogP contribution in [0.4, 0.5) is 4.39 Å². The van der Waals surface area contributed by atoms with E-state index in [1.165, 1.54) is 18.2 Å². The van der Waals surface area contributed by atoms with Crippen LogP contribution in [0.15, 0.2) is 36.7 Å². The van der Waals surface area contributed by atoms with Crippen LogP contribution < -0.4 is 10.6 Å². The van der Waals surface area contributed by atoms with Gasteiger partial charge < -0.3 is 15.7 Å². The lowest BCUT2D eigenvalue weighted by Crippen LogP contribution is -2.55. The van der Waals surface area contributed by atoms with Gasteiger partial charge in [0.1, 0.15) is 17.5 Å². The van der Waals surface area contributed by atoms with Gasteiger partial charge in [0.25, 0.3) is 0 Å². The van der Waals surface area contributed by atoms with Crippen molar-refractivity contribution in [3.8, 4) is 0 Å². The van der Waals surface area contributed by atoms with Crippen molar-refractivity contribution >= 4 is 29.9 Å². The Morgan fingerprint density at radius 1 is 1.42 bits per heavy atom. The van der Waals surface area contributed by atoms with Crippen molar-refractivity contribution in [2.45, 2.75) is 24.5 Å². The summed E-state index contributed by atoms with van der Waals surface area (Å²) >= 11 is 5.96. The van der Waals surface area contributed by atoms with E-state index in [0.717, 1.165) is 0 Å². The number of amides is 1.